The molecule has 0 saturated heterocycles. The highest BCUT2D eigenvalue weighted by Gasteiger charge is 2.19. The van der Waals surface area contributed by atoms with Crippen LogP contribution in [0.1, 0.15) is 29.8 Å². The van der Waals surface area contributed by atoms with E-state index in [2.05, 4.69) is 17.6 Å². The van der Waals surface area contributed by atoms with Crippen molar-refractivity contribution in [3.05, 3.63) is 90.0 Å². The van der Waals surface area contributed by atoms with Crippen molar-refractivity contribution in [1.82, 2.24) is 0 Å². The van der Waals surface area contributed by atoms with E-state index in [1.54, 1.807) is 43.3 Å². The number of aryl methyl sites for hydroxylation is 1. The topological polar surface area (TPSA) is 67.4 Å². The zero-order chi connectivity index (χ0) is 20.6. The molecule has 0 aliphatic carbocycles. The number of ether oxygens (including phenoxy) is 1. The van der Waals surface area contributed by atoms with Crippen LogP contribution in [-0.2, 0) is 11.2 Å². The van der Waals surface area contributed by atoms with E-state index in [-0.39, 0.29) is 11.8 Å². The normalized spacial score (nSPS) is 11.4. The van der Waals surface area contributed by atoms with Crippen LogP contribution >= 0.6 is 0 Å². The number of para-hydroxylation sites is 2. The van der Waals surface area contributed by atoms with E-state index in [1.165, 1.54) is 5.56 Å². The molecule has 3 aromatic rings. The van der Waals surface area contributed by atoms with E-state index in [4.69, 9.17) is 4.74 Å². The highest BCUT2D eigenvalue weighted by Crippen LogP contribution is 2.21. The van der Waals surface area contributed by atoms with Crippen LogP contribution in [0.5, 0.6) is 5.75 Å². The van der Waals surface area contributed by atoms with E-state index in [9.17, 15) is 9.59 Å². The minimum Gasteiger partial charge on any atom is -0.480 e. The predicted octanol–water partition coefficient (Wildman–Crippen LogP) is 4.91. The van der Waals surface area contributed by atoms with Gasteiger partial charge >= 0.3 is 0 Å². The first-order valence-electron chi connectivity index (χ1n) is 9.58. The molecule has 2 amide bonds. The molecule has 2 N–H and O–H groups in total. The number of hydrogen-bond donors (Lipinski definition) is 2. The molecule has 148 valence electrons. The predicted molar refractivity (Wildman–Crippen MR) is 115 cm³/mol. The quantitative estimate of drug-likeness (QED) is 0.604. The molecule has 0 bridgehead atoms. The fraction of sp³-hybridized carbons (Fsp3) is 0.167. The maximum atomic E-state index is 12.6. The molecule has 0 fully saturated rings. The summed E-state index contributed by atoms with van der Waals surface area (Å²) in [6, 6.07) is 23.7. The van der Waals surface area contributed by atoms with Crippen LogP contribution in [0.2, 0.25) is 0 Å². The van der Waals surface area contributed by atoms with Gasteiger partial charge in [-0.2, -0.15) is 0 Å². The van der Waals surface area contributed by atoms with E-state index >= 15 is 0 Å². The van der Waals surface area contributed by atoms with Gasteiger partial charge in [0.25, 0.3) is 11.8 Å². The summed E-state index contributed by atoms with van der Waals surface area (Å²) in [7, 11) is 0. The van der Waals surface area contributed by atoms with E-state index in [0.29, 0.717) is 22.7 Å². The SMILES string of the molecule is CCc1ccc(NC(=O)[C@@H](C)Oc2ccccc2C(=O)Nc2ccccc2)cc1. The Morgan fingerprint density at radius 1 is 0.828 bits per heavy atom. The lowest BCUT2D eigenvalue weighted by molar-refractivity contribution is -0.122. The highest BCUT2D eigenvalue weighted by molar-refractivity contribution is 6.06. The number of amides is 2. The van der Waals surface area contributed by atoms with Crippen molar-refractivity contribution in [2.75, 3.05) is 10.6 Å². The Labute approximate surface area is 170 Å². The van der Waals surface area contributed by atoms with Crippen molar-refractivity contribution in [2.45, 2.75) is 26.4 Å². The molecule has 0 aliphatic heterocycles. The van der Waals surface area contributed by atoms with Crippen LogP contribution in [0, 0.1) is 0 Å². The number of carbonyl (C=O) groups excluding carboxylic acids is 2. The average Bonchev–Trinajstić information content (AvgIpc) is 2.75. The van der Waals surface area contributed by atoms with Gasteiger partial charge in [0.2, 0.25) is 0 Å². The molecule has 5 heteroatoms. The van der Waals surface area contributed by atoms with Crippen molar-refractivity contribution in [3.8, 4) is 5.75 Å². The van der Waals surface area contributed by atoms with Gasteiger partial charge in [-0.25, -0.2) is 0 Å². The molecule has 29 heavy (non-hydrogen) atoms. The molecule has 5 nitrogen and oxygen atoms in total. The molecule has 3 aromatic carbocycles. The average molecular weight is 388 g/mol. The van der Waals surface area contributed by atoms with Crippen molar-refractivity contribution in [1.29, 1.82) is 0 Å². The monoisotopic (exact) mass is 388 g/mol. The standard InChI is InChI=1S/C24H24N2O3/c1-3-18-13-15-20(16-14-18)25-23(27)17(2)29-22-12-8-7-11-21(22)24(28)26-19-9-5-4-6-10-19/h4-17H,3H2,1-2H3,(H,25,27)(H,26,28)/t17-/m1/s1. The van der Waals surface area contributed by atoms with Gasteiger partial charge in [-0.3, -0.25) is 9.59 Å². The molecule has 1 atom stereocenters. The Hall–Kier alpha value is -3.60. The zero-order valence-electron chi connectivity index (χ0n) is 16.5. The molecule has 0 spiro atoms. The lowest BCUT2D eigenvalue weighted by Crippen LogP contribution is -2.30. The van der Waals surface area contributed by atoms with Gasteiger partial charge in [0.1, 0.15) is 5.75 Å². The fourth-order valence-electron chi connectivity index (χ4n) is 2.79. The van der Waals surface area contributed by atoms with Gasteiger partial charge in [-0.15, -0.1) is 0 Å². The Morgan fingerprint density at radius 3 is 2.14 bits per heavy atom. The van der Waals surface area contributed by atoms with Gasteiger partial charge in [0.05, 0.1) is 5.56 Å². The number of anilines is 2. The largest absolute Gasteiger partial charge is 0.480 e. The summed E-state index contributed by atoms with van der Waals surface area (Å²) < 4.78 is 5.81. The number of rotatable bonds is 7. The van der Waals surface area contributed by atoms with Crippen molar-refractivity contribution in [2.24, 2.45) is 0 Å². The highest BCUT2D eigenvalue weighted by atomic mass is 16.5. The first-order valence-corrected chi connectivity index (χ1v) is 9.58. The molecule has 0 radical (unpaired) electrons. The maximum absolute atomic E-state index is 12.6. The van der Waals surface area contributed by atoms with Crippen LogP contribution in [0.3, 0.4) is 0 Å². The van der Waals surface area contributed by atoms with E-state index in [1.807, 2.05) is 42.5 Å². The summed E-state index contributed by atoms with van der Waals surface area (Å²) in [4.78, 5) is 25.2. The Balaban J connectivity index is 1.67. The van der Waals surface area contributed by atoms with Gasteiger partial charge in [0.15, 0.2) is 6.10 Å². The lowest BCUT2D eigenvalue weighted by atomic mass is 10.1. The summed E-state index contributed by atoms with van der Waals surface area (Å²) in [6.07, 6.45) is 0.168. The molecule has 0 aromatic heterocycles. The van der Waals surface area contributed by atoms with Crippen molar-refractivity contribution < 1.29 is 14.3 Å². The number of nitrogens with one attached hydrogen (secondary N) is 2. The Bertz CT molecular complexity index is 969. The smallest absolute Gasteiger partial charge is 0.265 e. The fourth-order valence-corrected chi connectivity index (χ4v) is 2.79. The summed E-state index contributed by atoms with van der Waals surface area (Å²) in [5.74, 6) is -0.230. The van der Waals surface area contributed by atoms with E-state index < -0.39 is 6.10 Å². The number of benzene rings is 3. The third-order valence-corrected chi connectivity index (χ3v) is 4.47. The summed E-state index contributed by atoms with van der Waals surface area (Å²) in [5.41, 5.74) is 2.96. The van der Waals surface area contributed by atoms with Gasteiger partial charge in [-0.05, 0) is 55.3 Å². The second-order valence-corrected chi connectivity index (χ2v) is 6.62. The summed E-state index contributed by atoms with van der Waals surface area (Å²) in [6.45, 7) is 3.73. The number of hydrogen-bond acceptors (Lipinski definition) is 3. The number of carbonyl (C=O) groups is 2. The second-order valence-electron chi connectivity index (χ2n) is 6.62. The zero-order valence-corrected chi connectivity index (χ0v) is 16.5. The molecule has 0 aliphatic rings. The first-order chi connectivity index (χ1) is 14.1. The van der Waals surface area contributed by atoms with Crippen LogP contribution < -0.4 is 15.4 Å². The van der Waals surface area contributed by atoms with Gasteiger partial charge in [-0.1, -0.05) is 49.4 Å². The minimum absolute atomic E-state index is 0.285. The minimum atomic E-state index is -0.772. The first kappa shape index (κ1) is 20.1. The maximum Gasteiger partial charge on any atom is 0.265 e. The van der Waals surface area contributed by atoms with Gasteiger partial charge in [0, 0.05) is 11.4 Å². The van der Waals surface area contributed by atoms with E-state index in [0.717, 1.165) is 6.42 Å². The molecule has 0 heterocycles. The van der Waals surface area contributed by atoms with Crippen LogP contribution in [0.25, 0.3) is 0 Å². The van der Waals surface area contributed by atoms with Crippen molar-refractivity contribution in [3.63, 3.8) is 0 Å². The van der Waals surface area contributed by atoms with Crippen LogP contribution in [0.15, 0.2) is 78.9 Å². The molecule has 3 rings (SSSR count). The van der Waals surface area contributed by atoms with Crippen molar-refractivity contribution >= 4 is 23.2 Å². The Kier molecular flexibility index (Phi) is 6.63. The van der Waals surface area contributed by atoms with Crippen LogP contribution in [-0.4, -0.2) is 17.9 Å². The molecular formula is C24H24N2O3. The summed E-state index contributed by atoms with van der Waals surface area (Å²) >= 11 is 0. The third-order valence-electron chi connectivity index (χ3n) is 4.47. The molecule has 0 saturated carbocycles. The molecular weight excluding hydrogens is 364 g/mol. The van der Waals surface area contributed by atoms with Crippen LogP contribution in [0.4, 0.5) is 11.4 Å². The second kappa shape index (κ2) is 9.55. The van der Waals surface area contributed by atoms with Gasteiger partial charge < -0.3 is 15.4 Å². The molecule has 0 unspecified atom stereocenters. The third kappa shape index (κ3) is 5.45. The summed E-state index contributed by atoms with van der Waals surface area (Å²) in [5, 5.41) is 5.67. The Morgan fingerprint density at radius 2 is 1.45 bits per heavy atom. The lowest BCUT2D eigenvalue weighted by Gasteiger charge is -2.17.